The van der Waals surface area contributed by atoms with Crippen molar-refractivity contribution in [3.05, 3.63) is 35.4 Å². The summed E-state index contributed by atoms with van der Waals surface area (Å²) in [6, 6.07) is 9.18. The molecule has 0 saturated heterocycles. The second-order valence-corrected chi connectivity index (χ2v) is 4.89. The second-order valence-electron chi connectivity index (χ2n) is 4.89. The van der Waals surface area contributed by atoms with E-state index in [4.69, 9.17) is 4.74 Å². The van der Waals surface area contributed by atoms with Crippen molar-refractivity contribution in [2.45, 2.75) is 46.4 Å². The molecule has 17 heavy (non-hydrogen) atoms. The van der Waals surface area contributed by atoms with Crippen LogP contribution < -0.4 is 5.32 Å². The van der Waals surface area contributed by atoms with Gasteiger partial charge in [0.1, 0.15) is 0 Å². The molecule has 0 spiro atoms. The number of hydrogen-bond donors (Lipinski definition) is 1. The van der Waals surface area contributed by atoms with Crippen LogP contribution in [0.1, 0.15) is 38.3 Å². The third-order valence-electron chi connectivity index (χ3n) is 3.12. The first kappa shape index (κ1) is 14.2. The maximum atomic E-state index is 5.15. The molecule has 0 amide bonds. The van der Waals surface area contributed by atoms with Gasteiger partial charge in [-0.3, -0.25) is 0 Å². The van der Waals surface area contributed by atoms with Gasteiger partial charge in [-0.25, -0.2) is 0 Å². The molecular formula is C15H25NO. The summed E-state index contributed by atoms with van der Waals surface area (Å²) in [6.07, 6.45) is 1.18. The Balaban J connectivity index is 2.53. The van der Waals surface area contributed by atoms with Crippen LogP contribution in [0.5, 0.6) is 0 Å². The molecule has 1 aromatic rings. The zero-order valence-corrected chi connectivity index (χ0v) is 11.5. The Labute approximate surface area is 105 Å². The SMILES string of the molecule is CCC(NCc1cccc(COC)c1)C(C)C. The van der Waals surface area contributed by atoms with Gasteiger partial charge in [0.2, 0.25) is 0 Å². The Morgan fingerprint density at radius 3 is 2.53 bits per heavy atom. The van der Waals surface area contributed by atoms with Gasteiger partial charge in [-0.2, -0.15) is 0 Å². The number of nitrogens with one attached hydrogen (secondary N) is 1. The van der Waals surface area contributed by atoms with Gasteiger partial charge in [0.05, 0.1) is 6.61 Å². The van der Waals surface area contributed by atoms with Gasteiger partial charge in [-0.1, -0.05) is 45.0 Å². The summed E-state index contributed by atoms with van der Waals surface area (Å²) in [7, 11) is 1.73. The van der Waals surface area contributed by atoms with Crippen LogP contribution in [-0.2, 0) is 17.9 Å². The Hall–Kier alpha value is -0.860. The van der Waals surface area contributed by atoms with E-state index < -0.39 is 0 Å². The zero-order valence-electron chi connectivity index (χ0n) is 11.5. The van der Waals surface area contributed by atoms with Crippen LogP contribution in [0.25, 0.3) is 0 Å². The van der Waals surface area contributed by atoms with Gasteiger partial charge in [-0.05, 0) is 23.5 Å². The molecule has 1 N–H and O–H groups in total. The van der Waals surface area contributed by atoms with E-state index in [9.17, 15) is 0 Å². The van der Waals surface area contributed by atoms with Crippen molar-refractivity contribution in [1.82, 2.24) is 5.32 Å². The van der Waals surface area contributed by atoms with Crippen LogP contribution in [0.4, 0.5) is 0 Å². The molecule has 1 unspecified atom stereocenters. The molecule has 0 aliphatic carbocycles. The highest BCUT2D eigenvalue weighted by Crippen LogP contribution is 2.09. The molecule has 0 heterocycles. The average Bonchev–Trinajstić information content (AvgIpc) is 2.30. The fourth-order valence-corrected chi connectivity index (χ4v) is 2.10. The molecule has 0 saturated carbocycles. The van der Waals surface area contributed by atoms with Crippen LogP contribution in [0.2, 0.25) is 0 Å². The number of rotatable bonds is 7. The molecule has 1 aromatic carbocycles. The molecule has 1 rings (SSSR count). The average molecular weight is 235 g/mol. The lowest BCUT2D eigenvalue weighted by Crippen LogP contribution is -2.32. The molecule has 0 aliphatic rings. The summed E-state index contributed by atoms with van der Waals surface area (Å²) < 4.78 is 5.15. The maximum Gasteiger partial charge on any atom is 0.0713 e. The highest BCUT2D eigenvalue weighted by molar-refractivity contribution is 5.22. The molecule has 0 bridgehead atoms. The normalized spacial score (nSPS) is 13.0. The lowest BCUT2D eigenvalue weighted by atomic mass is 10.0. The molecule has 0 aliphatic heterocycles. The molecule has 0 radical (unpaired) electrons. The Morgan fingerprint density at radius 1 is 1.24 bits per heavy atom. The summed E-state index contributed by atoms with van der Waals surface area (Å²) in [6.45, 7) is 8.40. The fourth-order valence-electron chi connectivity index (χ4n) is 2.10. The van der Waals surface area contributed by atoms with Gasteiger partial charge in [0.15, 0.2) is 0 Å². The molecule has 0 fully saturated rings. The third kappa shape index (κ3) is 4.88. The summed E-state index contributed by atoms with van der Waals surface area (Å²) in [5.41, 5.74) is 2.57. The van der Waals surface area contributed by atoms with Gasteiger partial charge >= 0.3 is 0 Å². The molecule has 2 nitrogen and oxygen atoms in total. The van der Waals surface area contributed by atoms with Crippen LogP contribution >= 0.6 is 0 Å². The van der Waals surface area contributed by atoms with Crippen LogP contribution in [0, 0.1) is 5.92 Å². The van der Waals surface area contributed by atoms with Gasteiger partial charge in [0.25, 0.3) is 0 Å². The Kier molecular flexibility index (Phi) is 6.23. The lowest BCUT2D eigenvalue weighted by molar-refractivity contribution is 0.185. The van der Waals surface area contributed by atoms with Gasteiger partial charge in [0, 0.05) is 19.7 Å². The fraction of sp³-hybridized carbons (Fsp3) is 0.600. The monoisotopic (exact) mass is 235 g/mol. The lowest BCUT2D eigenvalue weighted by Gasteiger charge is -2.20. The van der Waals surface area contributed by atoms with Crippen molar-refractivity contribution in [2.75, 3.05) is 7.11 Å². The van der Waals surface area contributed by atoms with Crippen molar-refractivity contribution in [3.63, 3.8) is 0 Å². The van der Waals surface area contributed by atoms with Crippen LogP contribution in [0.3, 0.4) is 0 Å². The van der Waals surface area contributed by atoms with Crippen LogP contribution in [0.15, 0.2) is 24.3 Å². The van der Waals surface area contributed by atoms with E-state index in [-0.39, 0.29) is 0 Å². The summed E-state index contributed by atoms with van der Waals surface area (Å²) in [5.74, 6) is 0.683. The minimum Gasteiger partial charge on any atom is -0.380 e. The minimum atomic E-state index is 0.598. The molecular weight excluding hydrogens is 210 g/mol. The van der Waals surface area contributed by atoms with Crippen molar-refractivity contribution >= 4 is 0 Å². The van der Waals surface area contributed by atoms with E-state index in [0.717, 1.165) is 6.54 Å². The highest BCUT2D eigenvalue weighted by Gasteiger charge is 2.09. The van der Waals surface area contributed by atoms with Crippen molar-refractivity contribution < 1.29 is 4.74 Å². The van der Waals surface area contributed by atoms with E-state index in [1.807, 2.05) is 0 Å². The highest BCUT2D eigenvalue weighted by atomic mass is 16.5. The minimum absolute atomic E-state index is 0.598. The summed E-state index contributed by atoms with van der Waals surface area (Å²) in [5, 5.41) is 3.61. The molecule has 1 atom stereocenters. The van der Waals surface area contributed by atoms with E-state index in [2.05, 4.69) is 50.4 Å². The number of benzene rings is 1. The first-order valence-electron chi connectivity index (χ1n) is 6.47. The quantitative estimate of drug-likeness (QED) is 0.782. The first-order chi connectivity index (χ1) is 8.17. The van der Waals surface area contributed by atoms with Gasteiger partial charge in [-0.15, -0.1) is 0 Å². The zero-order chi connectivity index (χ0) is 12.7. The Bertz CT molecular complexity index is 322. The number of ether oxygens (including phenoxy) is 1. The topological polar surface area (TPSA) is 21.3 Å². The summed E-state index contributed by atoms with van der Waals surface area (Å²) >= 11 is 0. The van der Waals surface area contributed by atoms with Crippen LogP contribution in [-0.4, -0.2) is 13.2 Å². The van der Waals surface area contributed by atoms with Gasteiger partial charge < -0.3 is 10.1 Å². The predicted octanol–water partition coefficient (Wildman–Crippen LogP) is 3.36. The van der Waals surface area contributed by atoms with Crippen molar-refractivity contribution in [1.29, 1.82) is 0 Å². The van der Waals surface area contributed by atoms with Crippen molar-refractivity contribution in [2.24, 2.45) is 5.92 Å². The number of hydrogen-bond acceptors (Lipinski definition) is 2. The first-order valence-corrected chi connectivity index (χ1v) is 6.47. The maximum absolute atomic E-state index is 5.15. The standard InChI is InChI=1S/C15H25NO/c1-5-15(12(2)3)16-10-13-7-6-8-14(9-13)11-17-4/h6-9,12,15-16H,5,10-11H2,1-4H3. The van der Waals surface area contributed by atoms with E-state index in [0.29, 0.717) is 18.6 Å². The smallest absolute Gasteiger partial charge is 0.0713 e. The van der Waals surface area contributed by atoms with E-state index in [1.54, 1.807) is 7.11 Å². The largest absolute Gasteiger partial charge is 0.380 e. The Morgan fingerprint density at radius 2 is 1.94 bits per heavy atom. The third-order valence-corrected chi connectivity index (χ3v) is 3.12. The van der Waals surface area contributed by atoms with E-state index >= 15 is 0 Å². The van der Waals surface area contributed by atoms with Crippen molar-refractivity contribution in [3.8, 4) is 0 Å². The predicted molar refractivity (Wildman–Crippen MR) is 72.9 cm³/mol. The van der Waals surface area contributed by atoms with E-state index in [1.165, 1.54) is 17.5 Å². The number of methoxy groups -OCH3 is 1. The summed E-state index contributed by atoms with van der Waals surface area (Å²) in [4.78, 5) is 0. The molecule has 2 heteroatoms. The molecule has 0 aromatic heterocycles. The second kappa shape index (κ2) is 7.46. The molecule has 96 valence electrons.